The van der Waals surface area contributed by atoms with E-state index in [9.17, 15) is 4.79 Å². The van der Waals surface area contributed by atoms with E-state index >= 15 is 0 Å². The van der Waals surface area contributed by atoms with Crippen molar-refractivity contribution in [3.8, 4) is 0 Å². The lowest BCUT2D eigenvalue weighted by molar-refractivity contribution is -0.117. The van der Waals surface area contributed by atoms with Gasteiger partial charge in [0.1, 0.15) is 0 Å². The highest BCUT2D eigenvalue weighted by Gasteiger charge is 2.31. The third-order valence-corrected chi connectivity index (χ3v) is 3.74. The molecule has 17 heavy (non-hydrogen) atoms. The quantitative estimate of drug-likeness (QED) is 0.911. The van der Waals surface area contributed by atoms with Crippen LogP contribution in [-0.4, -0.2) is 24.2 Å². The Labute approximate surface area is 110 Å². The van der Waals surface area contributed by atoms with Crippen LogP contribution >= 0.6 is 15.9 Å². The number of hydrogen-bond acceptors (Lipinski definition) is 2. The van der Waals surface area contributed by atoms with Gasteiger partial charge < -0.3 is 10.0 Å². The highest BCUT2D eigenvalue weighted by atomic mass is 79.9. The number of amides is 1. The summed E-state index contributed by atoms with van der Waals surface area (Å²) >= 11 is 3.52. The van der Waals surface area contributed by atoms with Gasteiger partial charge in [0.05, 0.1) is 5.69 Å². The Morgan fingerprint density at radius 1 is 1.47 bits per heavy atom. The zero-order valence-corrected chi connectivity index (χ0v) is 11.6. The lowest BCUT2D eigenvalue weighted by atomic mass is 10.1. The lowest BCUT2D eigenvalue weighted by Crippen LogP contribution is -2.26. The number of rotatable bonds is 2. The molecule has 0 spiro atoms. The molecule has 0 aliphatic carbocycles. The molecule has 1 aliphatic rings. The van der Waals surface area contributed by atoms with E-state index < -0.39 is 0 Å². The Morgan fingerprint density at radius 3 is 2.71 bits per heavy atom. The largest absolute Gasteiger partial charge is 0.396 e. The molecule has 1 aromatic rings. The summed E-state index contributed by atoms with van der Waals surface area (Å²) in [6.07, 6.45) is 0.441. The van der Waals surface area contributed by atoms with Gasteiger partial charge >= 0.3 is 0 Å². The molecule has 0 radical (unpaired) electrons. The number of aryl methyl sites for hydroxylation is 2. The molecule has 1 N–H and O–H groups in total. The maximum atomic E-state index is 11.9. The van der Waals surface area contributed by atoms with Crippen LogP contribution in [0, 0.1) is 19.8 Å². The zero-order valence-electron chi connectivity index (χ0n) is 10.0. The van der Waals surface area contributed by atoms with Crippen molar-refractivity contribution in [2.24, 2.45) is 5.92 Å². The van der Waals surface area contributed by atoms with Crippen LogP contribution in [0.3, 0.4) is 0 Å². The molecule has 0 bridgehead atoms. The summed E-state index contributed by atoms with van der Waals surface area (Å²) in [6, 6.07) is 4.08. The van der Waals surface area contributed by atoms with Crippen LogP contribution in [0.5, 0.6) is 0 Å². The van der Waals surface area contributed by atoms with Gasteiger partial charge in [-0.25, -0.2) is 0 Å². The zero-order chi connectivity index (χ0) is 12.6. The first-order valence-corrected chi connectivity index (χ1v) is 6.50. The Bertz CT molecular complexity index is 436. The second-order valence-electron chi connectivity index (χ2n) is 4.67. The van der Waals surface area contributed by atoms with Crippen LogP contribution in [0.4, 0.5) is 5.69 Å². The molecule has 2 rings (SSSR count). The van der Waals surface area contributed by atoms with Crippen molar-refractivity contribution in [2.75, 3.05) is 18.1 Å². The average Bonchev–Trinajstić information content (AvgIpc) is 2.59. The maximum Gasteiger partial charge on any atom is 0.227 e. The van der Waals surface area contributed by atoms with Gasteiger partial charge in [-0.3, -0.25) is 4.79 Å². The molecule has 1 atom stereocenters. The van der Waals surface area contributed by atoms with E-state index in [1.165, 1.54) is 5.56 Å². The normalized spacial score (nSPS) is 20.1. The molecule has 92 valence electrons. The van der Waals surface area contributed by atoms with Crippen molar-refractivity contribution in [2.45, 2.75) is 20.3 Å². The van der Waals surface area contributed by atoms with Gasteiger partial charge in [-0.15, -0.1) is 0 Å². The van der Waals surface area contributed by atoms with Crippen LogP contribution in [0.1, 0.15) is 17.5 Å². The molecule has 0 aromatic heterocycles. The number of anilines is 1. The smallest absolute Gasteiger partial charge is 0.227 e. The third kappa shape index (κ3) is 2.38. The van der Waals surface area contributed by atoms with E-state index in [4.69, 9.17) is 5.11 Å². The molecule has 1 unspecified atom stereocenters. The van der Waals surface area contributed by atoms with E-state index in [1.54, 1.807) is 4.90 Å². The number of carbonyl (C=O) groups is 1. The Morgan fingerprint density at radius 2 is 2.18 bits per heavy atom. The topological polar surface area (TPSA) is 40.5 Å². The fourth-order valence-electron chi connectivity index (χ4n) is 2.37. The minimum absolute atomic E-state index is 0.0649. The van der Waals surface area contributed by atoms with Gasteiger partial charge in [0.15, 0.2) is 0 Å². The predicted molar refractivity (Wildman–Crippen MR) is 71.2 cm³/mol. The number of halogens is 1. The summed E-state index contributed by atoms with van der Waals surface area (Å²) in [5.41, 5.74) is 3.20. The average molecular weight is 298 g/mol. The molecule has 1 saturated heterocycles. The van der Waals surface area contributed by atoms with Gasteiger partial charge in [0.2, 0.25) is 5.91 Å². The predicted octanol–water partition coefficient (Wildman–Crippen LogP) is 2.41. The summed E-state index contributed by atoms with van der Waals surface area (Å²) in [7, 11) is 0. The number of benzene rings is 1. The summed E-state index contributed by atoms with van der Waals surface area (Å²) in [6.45, 7) is 4.72. The van der Waals surface area contributed by atoms with Gasteiger partial charge in [0, 0.05) is 30.0 Å². The summed E-state index contributed by atoms with van der Waals surface area (Å²) in [5.74, 6) is 0.159. The van der Waals surface area contributed by atoms with Crippen LogP contribution in [0.2, 0.25) is 0 Å². The number of aliphatic hydroxyl groups excluding tert-OH is 1. The van der Waals surface area contributed by atoms with Crippen molar-refractivity contribution in [3.63, 3.8) is 0 Å². The summed E-state index contributed by atoms with van der Waals surface area (Å²) in [5, 5.41) is 9.14. The van der Waals surface area contributed by atoms with Crippen LogP contribution < -0.4 is 4.90 Å². The number of hydrogen-bond donors (Lipinski definition) is 1. The molecular formula is C13H16BrNO2. The van der Waals surface area contributed by atoms with Crippen LogP contribution in [-0.2, 0) is 4.79 Å². The lowest BCUT2D eigenvalue weighted by Gasteiger charge is -2.21. The number of aliphatic hydroxyl groups is 1. The van der Waals surface area contributed by atoms with Gasteiger partial charge in [-0.05, 0) is 47.0 Å². The first-order valence-electron chi connectivity index (χ1n) is 5.71. The minimum Gasteiger partial charge on any atom is -0.396 e. The van der Waals surface area contributed by atoms with E-state index in [-0.39, 0.29) is 18.4 Å². The summed E-state index contributed by atoms with van der Waals surface area (Å²) < 4.78 is 0.946. The van der Waals surface area contributed by atoms with Crippen molar-refractivity contribution in [1.82, 2.24) is 0 Å². The van der Waals surface area contributed by atoms with Crippen LogP contribution in [0.15, 0.2) is 16.6 Å². The molecular weight excluding hydrogens is 282 g/mol. The molecule has 1 aliphatic heterocycles. The number of nitrogens with zero attached hydrogens (tertiary/aromatic N) is 1. The molecule has 1 heterocycles. The van der Waals surface area contributed by atoms with E-state index in [0.717, 1.165) is 15.7 Å². The summed E-state index contributed by atoms with van der Waals surface area (Å²) in [4.78, 5) is 13.7. The fourth-order valence-corrected chi connectivity index (χ4v) is 3.26. The van der Waals surface area contributed by atoms with Crippen molar-refractivity contribution >= 4 is 27.5 Å². The first kappa shape index (κ1) is 12.6. The van der Waals surface area contributed by atoms with E-state index in [2.05, 4.69) is 22.0 Å². The van der Waals surface area contributed by atoms with Gasteiger partial charge in [0.25, 0.3) is 0 Å². The fraction of sp³-hybridized carbons (Fsp3) is 0.462. The minimum atomic E-state index is 0.0649. The third-order valence-electron chi connectivity index (χ3n) is 3.13. The Balaban J connectivity index is 2.38. The standard InChI is InChI=1S/C13H16BrNO2/c1-8-3-9(2)13(11(14)4-8)15-6-10(7-16)5-12(15)17/h3-4,10,16H,5-7H2,1-2H3. The molecule has 0 saturated carbocycles. The monoisotopic (exact) mass is 297 g/mol. The Hall–Kier alpha value is -0.870. The molecule has 1 fully saturated rings. The van der Waals surface area contributed by atoms with Crippen molar-refractivity contribution in [1.29, 1.82) is 0 Å². The highest BCUT2D eigenvalue weighted by Crippen LogP contribution is 2.35. The van der Waals surface area contributed by atoms with Gasteiger partial charge in [-0.1, -0.05) is 6.07 Å². The second kappa shape index (κ2) is 4.78. The SMILES string of the molecule is Cc1cc(C)c(N2CC(CO)CC2=O)c(Br)c1. The van der Waals surface area contributed by atoms with Crippen LogP contribution in [0.25, 0.3) is 0 Å². The van der Waals surface area contributed by atoms with Gasteiger partial charge in [-0.2, -0.15) is 0 Å². The maximum absolute atomic E-state index is 11.9. The highest BCUT2D eigenvalue weighted by molar-refractivity contribution is 9.10. The molecule has 1 amide bonds. The molecule has 4 heteroatoms. The first-order chi connectivity index (χ1) is 8.02. The number of carbonyl (C=O) groups excluding carboxylic acids is 1. The van der Waals surface area contributed by atoms with Crippen molar-refractivity contribution in [3.05, 3.63) is 27.7 Å². The molecule has 1 aromatic carbocycles. The van der Waals surface area contributed by atoms with Crippen molar-refractivity contribution < 1.29 is 9.90 Å². The second-order valence-corrected chi connectivity index (χ2v) is 5.52. The Kier molecular flexibility index (Phi) is 3.54. The van der Waals surface area contributed by atoms with E-state index in [1.807, 2.05) is 19.9 Å². The molecule has 3 nitrogen and oxygen atoms in total. The van der Waals surface area contributed by atoms with E-state index in [0.29, 0.717) is 13.0 Å².